The van der Waals surface area contributed by atoms with Gasteiger partial charge in [-0.05, 0) is 57.3 Å². The van der Waals surface area contributed by atoms with Gasteiger partial charge in [-0.25, -0.2) is 4.68 Å². The van der Waals surface area contributed by atoms with E-state index in [9.17, 15) is 4.79 Å². The van der Waals surface area contributed by atoms with Crippen LogP contribution in [0, 0.1) is 5.92 Å². The largest absolute Gasteiger partial charge is 0.342 e. The highest BCUT2D eigenvalue weighted by Gasteiger charge is 2.29. The Kier molecular flexibility index (Phi) is 5.34. The van der Waals surface area contributed by atoms with Crippen molar-refractivity contribution in [2.45, 2.75) is 38.6 Å². The zero-order chi connectivity index (χ0) is 17.8. The van der Waals surface area contributed by atoms with Gasteiger partial charge in [-0.15, -0.1) is 0 Å². The van der Waals surface area contributed by atoms with Crippen LogP contribution in [0.1, 0.15) is 37.7 Å². The maximum atomic E-state index is 12.7. The van der Waals surface area contributed by atoms with E-state index in [4.69, 9.17) is 0 Å². The monoisotopic (exact) mass is 352 g/mol. The first-order valence-corrected chi connectivity index (χ1v) is 9.90. The Morgan fingerprint density at radius 3 is 2.46 bits per heavy atom. The third kappa shape index (κ3) is 3.98. The number of nitrogens with zero attached hydrogens (tertiary/aromatic N) is 4. The molecule has 2 fully saturated rings. The molecule has 3 heterocycles. The van der Waals surface area contributed by atoms with Crippen LogP contribution in [0.2, 0.25) is 0 Å². The van der Waals surface area contributed by atoms with Crippen molar-refractivity contribution in [3.8, 4) is 5.69 Å². The number of aromatic nitrogens is 2. The molecule has 0 atom stereocenters. The molecule has 2 aliphatic rings. The topological polar surface area (TPSA) is 41.4 Å². The summed E-state index contributed by atoms with van der Waals surface area (Å²) in [6, 6.07) is 10.2. The van der Waals surface area contributed by atoms with Gasteiger partial charge in [0.1, 0.15) is 0 Å². The Morgan fingerprint density at radius 1 is 1.00 bits per heavy atom. The van der Waals surface area contributed by atoms with Crippen molar-refractivity contribution in [1.82, 2.24) is 19.6 Å². The summed E-state index contributed by atoms with van der Waals surface area (Å²) in [5, 5.41) is 4.49. The van der Waals surface area contributed by atoms with Crippen molar-refractivity contribution in [3.63, 3.8) is 0 Å². The SMILES string of the molecule is O=C(C1CCN(Cc2cnn(-c3ccccc3)c2)CC1)N1CCCCC1. The molecule has 0 N–H and O–H groups in total. The predicted octanol–water partition coefficient (Wildman–Crippen LogP) is 3.10. The van der Waals surface area contributed by atoms with Gasteiger partial charge >= 0.3 is 0 Å². The Bertz CT molecular complexity index is 713. The number of hydrogen-bond donors (Lipinski definition) is 0. The molecule has 2 aromatic rings. The zero-order valence-electron chi connectivity index (χ0n) is 15.4. The first-order valence-electron chi connectivity index (χ1n) is 9.90. The lowest BCUT2D eigenvalue weighted by Gasteiger charge is -2.35. The smallest absolute Gasteiger partial charge is 0.225 e. The number of piperidine rings is 2. The summed E-state index contributed by atoms with van der Waals surface area (Å²) >= 11 is 0. The molecule has 26 heavy (non-hydrogen) atoms. The van der Waals surface area contributed by atoms with Crippen LogP contribution < -0.4 is 0 Å². The molecule has 2 saturated heterocycles. The van der Waals surface area contributed by atoms with E-state index < -0.39 is 0 Å². The summed E-state index contributed by atoms with van der Waals surface area (Å²) in [6.45, 7) is 4.86. The van der Waals surface area contributed by atoms with Crippen LogP contribution in [-0.4, -0.2) is 51.7 Å². The lowest BCUT2D eigenvalue weighted by atomic mass is 9.94. The van der Waals surface area contributed by atoms with Crippen LogP contribution >= 0.6 is 0 Å². The van der Waals surface area contributed by atoms with Gasteiger partial charge in [0.05, 0.1) is 11.9 Å². The highest BCUT2D eigenvalue weighted by atomic mass is 16.2. The maximum Gasteiger partial charge on any atom is 0.225 e. The molecule has 1 aromatic heterocycles. The molecule has 138 valence electrons. The molecular weight excluding hydrogens is 324 g/mol. The van der Waals surface area contributed by atoms with Gasteiger partial charge in [-0.1, -0.05) is 18.2 Å². The molecule has 0 bridgehead atoms. The number of carbonyl (C=O) groups is 1. The summed E-state index contributed by atoms with van der Waals surface area (Å²) in [6.07, 6.45) is 9.67. The minimum Gasteiger partial charge on any atom is -0.342 e. The van der Waals surface area contributed by atoms with E-state index in [0.717, 1.165) is 51.3 Å². The van der Waals surface area contributed by atoms with Gasteiger partial charge in [0.15, 0.2) is 0 Å². The lowest BCUT2D eigenvalue weighted by molar-refractivity contribution is -0.138. The minimum absolute atomic E-state index is 0.233. The van der Waals surface area contributed by atoms with Gasteiger partial charge in [-0.3, -0.25) is 9.69 Å². The minimum atomic E-state index is 0.233. The normalized spacial score (nSPS) is 19.6. The van der Waals surface area contributed by atoms with Crippen LogP contribution in [0.15, 0.2) is 42.7 Å². The fraction of sp³-hybridized carbons (Fsp3) is 0.524. The molecule has 2 aliphatic heterocycles. The molecular formula is C21H28N4O. The number of hydrogen-bond acceptors (Lipinski definition) is 3. The van der Waals surface area contributed by atoms with Crippen molar-refractivity contribution >= 4 is 5.91 Å². The Balaban J connectivity index is 1.29. The Morgan fingerprint density at radius 2 is 1.73 bits per heavy atom. The second-order valence-corrected chi connectivity index (χ2v) is 7.57. The molecule has 0 radical (unpaired) electrons. The summed E-state index contributed by atoms with van der Waals surface area (Å²) in [4.78, 5) is 17.2. The van der Waals surface area contributed by atoms with Gasteiger partial charge < -0.3 is 4.90 Å². The summed E-state index contributed by atoms with van der Waals surface area (Å²) < 4.78 is 1.93. The molecule has 5 nitrogen and oxygen atoms in total. The van der Waals surface area contributed by atoms with E-state index in [1.54, 1.807) is 0 Å². The van der Waals surface area contributed by atoms with E-state index in [-0.39, 0.29) is 5.92 Å². The van der Waals surface area contributed by atoms with Gasteiger partial charge in [0.25, 0.3) is 0 Å². The maximum absolute atomic E-state index is 12.7. The van der Waals surface area contributed by atoms with E-state index in [1.165, 1.54) is 24.8 Å². The fourth-order valence-corrected chi connectivity index (χ4v) is 4.13. The van der Waals surface area contributed by atoms with Crippen molar-refractivity contribution in [1.29, 1.82) is 0 Å². The van der Waals surface area contributed by atoms with Gasteiger partial charge in [0.2, 0.25) is 5.91 Å². The molecule has 1 amide bonds. The van der Waals surface area contributed by atoms with Crippen molar-refractivity contribution in [2.75, 3.05) is 26.2 Å². The van der Waals surface area contributed by atoms with E-state index in [1.807, 2.05) is 29.1 Å². The van der Waals surface area contributed by atoms with Crippen LogP contribution in [0.4, 0.5) is 0 Å². The van der Waals surface area contributed by atoms with Gasteiger partial charge in [0, 0.05) is 37.3 Å². The summed E-state index contributed by atoms with van der Waals surface area (Å²) in [5.74, 6) is 0.637. The average molecular weight is 352 g/mol. The fourth-order valence-electron chi connectivity index (χ4n) is 4.13. The van der Waals surface area contributed by atoms with Crippen molar-refractivity contribution in [2.24, 2.45) is 5.92 Å². The van der Waals surface area contributed by atoms with Crippen LogP contribution in [0.3, 0.4) is 0 Å². The van der Waals surface area contributed by atoms with Crippen molar-refractivity contribution in [3.05, 3.63) is 48.3 Å². The molecule has 4 rings (SSSR count). The third-order valence-corrected chi connectivity index (χ3v) is 5.67. The van der Waals surface area contributed by atoms with Crippen LogP contribution in [0.5, 0.6) is 0 Å². The molecule has 0 spiro atoms. The summed E-state index contributed by atoms with van der Waals surface area (Å²) in [7, 11) is 0. The van der Waals surface area contributed by atoms with E-state index in [2.05, 4.69) is 33.2 Å². The second-order valence-electron chi connectivity index (χ2n) is 7.57. The molecule has 0 unspecified atom stereocenters. The highest BCUT2D eigenvalue weighted by Crippen LogP contribution is 2.23. The third-order valence-electron chi connectivity index (χ3n) is 5.67. The number of rotatable bonds is 4. The number of amides is 1. The van der Waals surface area contributed by atoms with Crippen molar-refractivity contribution < 1.29 is 4.79 Å². The number of para-hydroxylation sites is 1. The van der Waals surface area contributed by atoms with E-state index >= 15 is 0 Å². The number of likely N-dealkylation sites (tertiary alicyclic amines) is 2. The standard InChI is InChI=1S/C21H28N4O/c26-21(24-11-5-2-6-12-24)19-9-13-23(14-10-19)16-18-15-22-25(17-18)20-7-3-1-4-8-20/h1,3-4,7-8,15,17,19H,2,5-6,9-14,16H2. The molecule has 1 aromatic carbocycles. The van der Waals surface area contributed by atoms with Crippen LogP contribution in [-0.2, 0) is 11.3 Å². The molecule has 5 heteroatoms. The Hall–Kier alpha value is -2.14. The number of carbonyl (C=O) groups excluding carboxylic acids is 1. The zero-order valence-corrected chi connectivity index (χ0v) is 15.4. The average Bonchev–Trinajstić information content (AvgIpc) is 3.18. The molecule has 0 saturated carbocycles. The predicted molar refractivity (Wildman–Crippen MR) is 102 cm³/mol. The number of benzene rings is 1. The van der Waals surface area contributed by atoms with Crippen LogP contribution in [0.25, 0.3) is 5.69 Å². The second kappa shape index (κ2) is 8.04. The summed E-state index contributed by atoms with van der Waals surface area (Å²) in [5.41, 5.74) is 2.32. The lowest BCUT2D eigenvalue weighted by Crippen LogP contribution is -2.44. The quantitative estimate of drug-likeness (QED) is 0.849. The first-order chi connectivity index (χ1) is 12.8. The van der Waals surface area contributed by atoms with Gasteiger partial charge in [-0.2, -0.15) is 5.10 Å². The van der Waals surface area contributed by atoms with E-state index in [0.29, 0.717) is 5.91 Å². The Labute approximate surface area is 155 Å². The molecule has 0 aliphatic carbocycles. The first kappa shape index (κ1) is 17.3. The highest BCUT2D eigenvalue weighted by molar-refractivity contribution is 5.79.